The van der Waals surface area contributed by atoms with E-state index in [9.17, 15) is 26.3 Å². The summed E-state index contributed by atoms with van der Waals surface area (Å²) in [6.45, 7) is 22.0. The van der Waals surface area contributed by atoms with Crippen LogP contribution in [0.4, 0.5) is 26.3 Å². The zero-order valence-corrected chi connectivity index (χ0v) is 38.4. The molecule has 0 saturated carbocycles. The van der Waals surface area contributed by atoms with Crippen LogP contribution in [0.3, 0.4) is 0 Å². The van der Waals surface area contributed by atoms with Gasteiger partial charge in [0.05, 0.1) is 0 Å². The minimum Gasteiger partial charge on any atom is -1.00 e. The molecular formula is C48H52Cl2F6Zr. The predicted octanol–water partition coefficient (Wildman–Crippen LogP) is 7.70. The molecule has 0 radical (unpaired) electrons. The van der Waals surface area contributed by atoms with Gasteiger partial charge < -0.3 is 24.8 Å². The third-order valence-corrected chi connectivity index (χ3v) is 18.9. The Morgan fingerprint density at radius 1 is 0.596 bits per heavy atom. The summed E-state index contributed by atoms with van der Waals surface area (Å²) in [5.74, 6) is 0.109. The normalized spacial score (nSPS) is 15.4. The van der Waals surface area contributed by atoms with E-state index in [2.05, 4.69) is 112 Å². The number of hydrogen-bond donors (Lipinski definition) is 0. The van der Waals surface area contributed by atoms with Gasteiger partial charge in [0.15, 0.2) is 0 Å². The molecule has 0 bridgehead atoms. The van der Waals surface area contributed by atoms with Crippen LogP contribution in [-0.4, -0.2) is 3.21 Å². The summed E-state index contributed by atoms with van der Waals surface area (Å²) in [4.78, 5) is 0. The van der Waals surface area contributed by atoms with E-state index in [0.29, 0.717) is 11.1 Å². The maximum atomic E-state index is 14.0. The van der Waals surface area contributed by atoms with Crippen molar-refractivity contribution in [2.75, 3.05) is 0 Å². The summed E-state index contributed by atoms with van der Waals surface area (Å²) >= 11 is -3.61. The van der Waals surface area contributed by atoms with Gasteiger partial charge in [0.1, 0.15) is 0 Å². The monoisotopic (exact) mass is 902 g/mol. The summed E-state index contributed by atoms with van der Waals surface area (Å²) in [6.07, 6.45) is -1.76. The van der Waals surface area contributed by atoms with Crippen LogP contribution in [0.25, 0.3) is 11.1 Å². The van der Waals surface area contributed by atoms with E-state index >= 15 is 0 Å². The van der Waals surface area contributed by atoms with Crippen LogP contribution in [-0.2, 0) is 50.9 Å². The third kappa shape index (κ3) is 9.84. The number of hydrogen-bond acceptors (Lipinski definition) is 0. The fourth-order valence-corrected chi connectivity index (χ4v) is 16.5. The second-order valence-electron chi connectivity index (χ2n) is 18.4. The minimum atomic E-state index is -4.53. The third-order valence-electron chi connectivity index (χ3n) is 11.1. The van der Waals surface area contributed by atoms with Gasteiger partial charge >= 0.3 is 333 Å². The van der Waals surface area contributed by atoms with Crippen molar-refractivity contribution < 1.29 is 72.4 Å². The van der Waals surface area contributed by atoms with Gasteiger partial charge in [0.2, 0.25) is 0 Å². The van der Waals surface area contributed by atoms with Crippen molar-refractivity contribution in [1.82, 2.24) is 0 Å². The molecule has 4 aromatic rings. The van der Waals surface area contributed by atoms with E-state index in [4.69, 9.17) is 0 Å². The first kappa shape index (κ1) is 47.0. The Kier molecular flexibility index (Phi) is 13.8. The molecule has 0 aromatic heterocycles. The largest absolute Gasteiger partial charge is 1.00 e. The zero-order chi connectivity index (χ0) is 40.5. The second-order valence-corrected chi connectivity index (χ2v) is 24.2. The van der Waals surface area contributed by atoms with Crippen molar-refractivity contribution in [2.24, 2.45) is 11.3 Å². The standard InChI is InChI=1S/C21H25.C15H8F6.C12H19.2ClH.Zr/c1-20(2,3)16-9-7-14-11-15-8-10-17(21(4,5)6)13-19(15)18(14)12-16;16-14(17,18)12-5-1-10(2-6-12)9-11-3-7-13(8-4-11)15(19,20)21;1-5-6-10-7-8-11(9-10)12(2,3)4;;;/h7,9-10,12-13H,11H2,1-6H3;1-8H;8-10H,5-6H2,1-4H3;2*1H;/q;;;;;+2/p-2. The Hall–Kier alpha value is -2.73. The van der Waals surface area contributed by atoms with Crippen molar-refractivity contribution in [1.29, 1.82) is 0 Å². The fraction of sp³-hybridized carbons (Fsp3) is 0.396. The molecule has 2 aliphatic carbocycles. The predicted molar refractivity (Wildman–Crippen MR) is 212 cm³/mol. The molecule has 0 aliphatic heterocycles. The topological polar surface area (TPSA) is 0 Å². The Bertz CT molecular complexity index is 2140. The Labute approximate surface area is 355 Å². The van der Waals surface area contributed by atoms with Crippen LogP contribution in [0.1, 0.15) is 127 Å². The van der Waals surface area contributed by atoms with Gasteiger partial charge in [-0.1, -0.05) is 0 Å². The quantitative estimate of drug-likeness (QED) is 0.154. The smallest absolute Gasteiger partial charge is 1.00 e. The molecular weight excluding hydrogens is 853 g/mol. The average Bonchev–Trinajstić information content (AvgIpc) is 3.67. The van der Waals surface area contributed by atoms with Gasteiger partial charge in [-0.05, 0) is 0 Å². The fourth-order valence-electron chi connectivity index (χ4n) is 7.84. The van der Waals surface area contributed by atoms with E-state index in [0.717, 1.165) is 46.7 Å². The molecule has 1 unspecified atom stereocenters. The molecule has 0 amide bonds. The van der Waals surface area contributed by atoms with Crippen molar-refractivity contribution in [3.8, 4) is 11.1 Å². The van der Waals surface area contributed by atoms with Gasteiger partial charge in [-0.25, -0.2) is 0 Å². The molecule has 2 aliphatic rings. The molecule has 304 valence electrons. The van der Waals surface area contributed by atoms with Crippen LogP contribution in [0.5, 0.6) is 0 Å². The van der Waals surface area contributed by atoms with Gasteiger partial charge in [0, 0.05) is 0 Å². The Morgan fingerprint density at radius 2 is 1.07 bits per heavy atom. The van der Waals surface area contributed by atoms with Gasteiger partial charge in [-0.3, -0.25) is 0 Å². The van der Waals surface area contributed by atoms with E-state index in [-0.39, 0.29) is 47.0 Å². The molecule has 0 spiro atoms. The summed E-state index contributed by atoms with van der Waals surface area (Å²) in [5.41, 5.74) is 7.81. The first-order chi connectivity index (χ1) is 25.4. The first-order valence-electron chi connectivity index (χ1n) is 19.2. The second kappa shape index (κ2) is 16.7. The molecule has 1 atom stereocenters. The zero-order valence-electron chi connectivity index (χ0n) is 34.4. The molecule has 6 rings (SSSR count). The van der Waals surface area contributed by atoms with Crippen LogP contribution in [0, 0.1) is 11.3 Å². The first-order valence-corrected chi connectivity index (χ1v) is 22.9. The number of allylic oxidation sites excluding steroid dienone is 4. The van der Waals surface area contributed by atoms with Crippen molar-refractivity contribution in [3.63, 3.8) is 0 Å². The Balaban J connectivity index is 0.00000360. The number of benzene rings is 4. The van der Waals surface area contributed by atoms with Gasteiger partial charge in [0.25, 0.3) is 0 Å². The van der Waals surface area contributed by atoms with E-state index in [1.807, 2.05) is 0 Å². The van der Waals surface area contributed by atoms with Crippen LogP contribution < -0.4 is 28.1 Å². The SMILES string of the molecule is CCCC1C=C(C(C)(C)C)C=[C]1[Zr+2](=[C](c1ccc(C(F)(F)F)cc1)c1ccc(C(F)(F)F)cc1)[c]1cc(C(C)(C)C)cc2c1Cc1ccc(C(C)(C)C)cc1-2.[Cl-].[Cl-]. The van der Waals surface area contributed by atoms with Crippen molar-refractivity contribution >= 4 is 6.48 Å². The summed E-state index contributed by atoms with van der Waals surface area (Å²) in [5, 5.41) is 0. The maximum Gasteiger partial charge on any atom is -1.00 e. The van der Waals surface area contributed by atoms with E-state index in [1.54, 1.807) is 0 Å². The molecule has 0 heterocycles. The van der Waals surface area contributed by atoms with Crippen molar-refractivity contribution in [2.45, 2.75) is 112 Å². The van der Waals surface area contributed by atoms with Gasteiger partial charge in [-0.2, -0.15) is 0 Å². The summed E-state index contributed by atoms with van der Waals surface area (Å²) < 4.78 is 87.3. The van der Waals surface area contributed by atoms with Crippen LogP contribution >= 0.6 is 0 Å². The average molecular weight is 905 g/mol. The molecule has 0 nitrogen and oxygen atoms in total. The van der Waals surface area contributed by atoms with Gasteiger partial charge in [-0.15, -0.1) is 0 Å². The number of alkyl halides is 6. The summed E-state index contributed by atoms with van der Waals surface area (Å²) in [7, 11) is 0. The molecule has 0 N–H and O–H groups in total. The molecule has 9 heteroatoms. The summed E-state index contributed by atoms with van der Waals surface area (Å²) in [6, 6.07) is 22.1. The molecule has 0 fully saturated rings. The number of halogens is 8. The Morgan fingerprint density at radius 3 is 1.51 bits per heavy atom. The minimum absolute atomic E-state index is 0. The molecule has 4 aromatic carbocycles. The van der Waals surface area contributed by atoms with Crippen LogP contribution in [0.2, 0.25) is 0 Å². The number of fused-ring (bicyclic) bond motifs is 3. The number of rotatable bonds is 6. The molecule has 0 saturated heterocycles. The maximum absolute atomic E-state index is 14.0. The van der Waals surface area contributed by atoms with E-state index in [1.165, 1.54) is 69.8 Å². The van der Waals surface area contributed by atoms with Crippen molar-refractivity contribution in [3.05, 3.63) is 144 Å². The molecule has 57 heavy (non-hydrogen) atoms. The van der Waals surface area contributed by atoms with E-state index < -0.39 is 44.7 Å². The van der Waals surface area contributed by atoms with Crippen LogP contribution in [0.15, 0.2) is 99.9 Å².